The highest BCUT2D eigenvalue weighted by atomic mass is 32.1. The molecule has 10 aromatic rings. The molecule has 0 saturated heterocycles. The molecule has 3 nitrogen and oxygen atoms in total. The summed E-state index contributed by atoms with van der Waals surface area (Å²) < 4.78 is 2.48. The summed E-state index contributed by atoms with van der Waals surface area (Å²) in [5, 5.41) is 4.87. The number of thiophene rings is 1. The molecule has 0 amide bonds. The monoisotopic (exact) mass is 681 g/mol. The van der Waals surface area contributed by atoms with Gasteiger partial charge < -0.3 is 4.90 Å². The highest BCUT2D eigenvalue weighted by molar-refractivity contribution is 7.26. The first-order valence-corrected chi connectivity index (χ1v) is 18.3. The van der Waals surface area contributed by atoms with Gasteiger partial charge in [0, 0.05) is 48.1 Å². The number of hydrogen-bond donors (Lipinski definition) is 0. The average Bonchev–Trinajstić information content (AvgIpc) is 3.60. The first-order chi connectivity index (χ1) is 25.8. The van der Waals surface area contributed by atoms with Crippen molar-refractivity contribution in [3.8, 4) is 33.6 Å². The number of para-hydroxylation sites is 4. The van der Waals surface area contributed by atoms with Crippen molar-refractivity contribution in [1.82, 2.24) is 9.97 Å². The first-order valence-electron chi connectivity index (χ1n) is 17.5. The third kappa shape index (κ3) is 5.12. The van der Waals surface area contributed by atoms with E-state index in [0.717, 1.165) is 50.6 Å². The summed E-state index contributed by atoms with van der Waals surface area (Å²) in [6.07, 6.45) is 0. The first kappa shape index (κ1) is 30.2. The summed E-state index contributed by atoms with van der Waals surface area (Å²) in [5.41, 5.74) is 11.6. The highest BCUT2D eigenvalue weighted by Crippen LogP contribution is 2.45. The second-order valence-electron chi connectivity index (χ2n) is 13.0. The van der Waals surface area contributed by atoms with Crippen LogP contribution in [0, 0.1) is 0 Å². The highest BCUT2D eigenvalue weighted by Gasteiger charge is 2.20. The molecule has 0 spiro atoms. The van der Waals surface area contributed by atoms with E-state index in [1.807, 2.05) is 41.7 Å². The molecule has 0 saturated carbocycles. The molecule has 52 heavy (non-hydrogen) atoms. The average molecular weight is 682 g/mol. The molecule has 2 aromatic heterocycles. The number of benzene rings is 8. The molecule has 0 aliphatic carbocycles. The quantitative estimate of drug-likeness (QED) is 0.175. The van der Waals surface area contributed by atoms with Crippen LogP contribution in [0.15, 0.2) is 188 Å². The van der Waals surface area contributed by atoms with Crippen molar-refractivity contribution in [3.63, 3.8) is 0 Å². The standard InChI is InChI=1S/C48H31N3S/c1-4-15-32(16-5-1)47-48(50-42-25-13-12-24-41(42)49-47)40-23-14-26-44-46(40)39-28-27-33(31-45(39)52-44)36-29-30-43(38-22-11-10-21-37(36)38)51(34-17-6-2-7-18-34)35-19-8-3-9-20-35/h1-31H. The van der Waals surface area contributed by atoms with Crippen LogP contribution in [0.4, 0.5) is 17.1 Å². The fraction of sp³-hybridized carbons (Fsp3) is 0. The molecule has 0 aliphatic rings. The van der Waals surface area contributed by atoms with E-state index in [0.29, 0.717) is 0 Å². The smallest absolute Gasteiger partial charge is 0.0979 e. The maximum absolute atomic E-state index is 5.26. The second kappa shape index (κ2) is 12.6. The molecule has 2 heterocycles. The molecule has 0 fully saturated rings. The van der Waals surface area contributed by atoms with E-state index in [1.165, 1.54) is 42.1 Å². The zero-order valence-electron chi connectivity index (χ0n) is 28.1. The Labute approximate surface area is 305 Å². The minimum absolute atomic E-state index is 0.893. The van der Waals surface area contributed by atoms with Crippen LogP contribution in [0.3, 0.4) is 0 Å². The van der Waals surface area contributed by atoms with Crippen LogP contribution in [-0.2, 0) is 0 Å². The van der Waals surface area contributed by atoms with Crippen molar-refractivity contribution < 1.29 is 0 Å². The lowest BCUT2D eigenvalue weighted by atomic mass is 9.95. The van der Waals surface area contributed by atoms with Crippen LogP contribution in [0.25, 0.3) is 75.6 Å². The van der Waals surface area contributed by atoms with Gasteiger partial charge in [0.2, 0.25) is 0 Å². The summed E-state index contributed by atoms with van der Waals surface area (Å²) in [7, 11) is 0. The lowest BCUT2D eigenvalue weighted by Gasteiger charge is -2.27. The van der Waals surface area contributed by atoms with Crippen LogP contribution in [0.1, 0.15) is 0 Å². The summed E-state index contributed by atoms with van der Waals surface area (Å²) in [6, 6.07) is 66.6. The number of aromatic nitrogens is 2. The minimum Gasteiger partial charge on any atom is -0.310 e. The van der Waals surface area contributed by atoms with Gasteiger partial charge in [-0.15, -0.1) is 11.3 Å². The summed E-state index contributed by atoms with van der Waals surface area (Å²) in [5.74, 6) is 0. The second-order valence-corrected chi connectivity index (χ2v) is 14.0. The van der Waals surface area contributed by atoms with Crippen molar-refractivity contribution in [2.75, 3.05) is 4.90 Å². The normalized spacial score (nSPS) is 11.5. The molecular formula is C48H31N3S. The number of nitrogens with zero attached hydrogens (tertiary/aromatic N) is 3. The van der Waals surface area contributed by atoms with E-state index >= 15 is 0 Å². The molecule has 0 N–H and O–H groups in total. The van der Waals surface area contributed by atoms with E-state index in [9.17, 15) is 0 Å². The Morgan fingerprint density at radius 2 is 1.00 bits per heavy atom. The maximum atomic E-state index is 5.26. The van der Waals surface area contributed by atoms with E-state index in [2.05, 4.69) is 163 Å². The van der Waals surface area contributed by atoms with Crippen molar-refractivity contribution >= 4 is 70.4 Å². The number of fused-ring (bicyclic) bond motifs is 5. The van der Waals surface area contributed by atoms with Gasteiger partial charge in [0.15, 0.2) is 0 Å². The maximum Gasteiger partial charge on any atom is 0.0979 e. The van der Waals surface area contributed by atoms with E-state index in [-0.39, 0.29) is 0 Å². The Hall–Kier alpha value is -6.62. The van der Waals surface area contributed by atoms with Gasteiger partial charge in [-0.3, -0.25) is 0 Å². The number of hydrogen-bond acceptors (Lipinski definition) is 4. The Morgan fingerprint density at radius 1 is 0.385 bits per heavy atom. The van der Waals surface area contributed by atoms with Gasteiger partial charge in [-0.1, -0.05) is 133 Å². The molecule has 0 atom stereocenters. The molecule has 4 heteroatoms. The lowest BCUT2D eigenvalue weighted by Crippen LogP contribution is -2.10. The SMILES string of the molecule is c1ccc(-c2nc3ccccc3nc2-c2cccc3sc4cc(-c5ccc(N(c6ccccc6)c6ccccc6)c6ccccc56)ccc4c23)cc1. The van der Waals surface area contributed by atoms with Crippen molar-refractivity contribution in [2.45, 2.75) is 0 Å². The Balaban J connectivity index is 1.14. The largest absolute Gasteiger partial charge is 0.310 e. The van der Waals surface area contributed by atoms with E-state index in [1.54, 1.807) is 0 Å². The zero-order chi connectivity index (χ0) is 34.4. The van der Waals surface area contributed by atoms with Gasteiger partial charge in [-0.2, -0.15) is 0 Å². The summed E-state index contributed by atoms with van der Waals surface area (Å²) in [4.78, 5) is 12.8. The van der Waals surface area contributed by atoms with Crippen LogP contribution in [-0.4, -0.2) is 9.97 Å². The van der Waals surface area contributed by atoms with E-state index in [4.69, 9.17) is 9.97 Å². The van der Waals surface area contributed by atoms with Crippen LogP contribution in [0.2, 0.25) is 0 Å². The third-order valence-corrected chi connectivity index (χ3v) is 11.0. The molecule has 0 unspecified atom stereocenters. The lowest BCUT2D eigenvalue weighted by molar-refractivity contribution is 1.30. The number of anilines is 3. The Kier molecular flexibility index (Phi) is 7.33. The minimum atomic E-state index is 0.893. The Bertz CT molecular complexity index is 2860. The molecule has 10 rings (SSSR count). The fourth-order valence-corrected chi connectivity index (χ4v) is 8.66. The molecule has 8 aromatic carbocycles. The van der Waals surface area contributed by atoms with Crippen LogP contribution in [0.5, 0.6) is 0 Å². The summed E-state index contributed by atoms with van der Waals surface area (Å²) in [6.45, 7) is 0. The van der Waals surface area contributed by atoms with Gasteiger partial charge in [0.05, 0.1) is 28.1 Å². The molecule has 0 aliphatic heterocycles. The molecule has 244 valence electrons. The molecule has 0 radical (unpaired) electrons. The zero-order valence-corrected chi connectivity index (χ0v) is 29.0. The van der Waals surface area contributed by atoms with Gasteiger partial charge in [0.25, 0.3) is 0 Å². The van der Waals surface area contributed by atoms with Crippen molar-refractivity contribution in [3.05, 3.63) is 188 Å². The predicted molar refractivity (Wildman–Crippen MR) is 221 cm³/mol. The molecule has 0 bridgehead atoms. The topological polar surface area (TPSA) is 29.0 Å². The Morgan fingerprint density at radius 3 is 1.71 bits per heavy atom. The third-order valence-electron chi connectivity index (χ3n) is 9.85. The van der Waals surface area contributed by atoms with Crippen LogP contribution < -0.4 is 4.90 Å². The van der Waals surface area contributed by atoms with Gasteiger partial charge in [-0.05, 0) is 71.1 Å². The molecular weight excluding hydrogens is 651 g/mol. The van der Waals surface area contributed by atoms with E-state index < -0.39 is 0 Å². The van der Waals surface area contributed by atoms with Gasteiger partial charge in [0.1, 0.15) is 0 Å². The fourth-order valence-electron chi connectivity index (χ4n) is 7.49. The number of rotatable bonds is 6. The summed E-state index contributed by atoms with van der Waals surface area (Å²) >= 11 is 1.84. The van der Waals surface area contributed by atoms with Crippen molar-refractivity contribution in [2.24, 2.45) is 0 Å². The van der Waals surface area contributed by atoms with Crippen molar-refractivity contribution in [1.29, 1.82) is 0 Å². The predicted octanol–water partition coefficient (Wildman–Crippen LogP) is 13.6. The van der Waals surface area contributed by atoms with Gasteiger partial charge in [-0.25, -0.2) is 9.97 Å². The van der Waals surface area contributed by atoms with Crippen LogP contribution >= 0.6 is 11.3 Å². The van der Waals surface area contributed by atoms with Gasteiger partial charge >= 0.3 is 0 Å².